The van der Waals surface area contributed by atoms with Gasteiger partial charge < -0.3 is 20.0 Å². The zero-order chi connectivity index (χ0) is 17.6. The fourth-order valence-electron chi connectivity index (χ4n) is 3.38. The number of anilines is 1. The van der Waals surface area contributed by atoms with Crippen LogP contribution in [0.15, 0.2) is 18.3 Å². The maximum absolute atomic E-state index is 12.4. The molecule has 0 saturated carbocycles. The Morgan fingerprint density at radius 2 is 1.72 bits per heavy atom. The lowest BCUT2D eigenvalue weighted by molar-refractivity contribution is -0.128. The number of amides is 3. The summed E-state index contributed by atoms with van der Waals surface area (Å²) in [7, 11) is 0. The molecule has 0 aliphatic carbocycles. The Hall–Kier alpha value is -2.31. The van der Waals surface area contributed by atoms with Gasteiger partial charge in [-0.25, -0.2) is 9.78 Å². The van der Waals surface area contributed by atoms with E-state index in [0.29, 0.717) is 26.2 Å². The van der Waals surface area contributed by atoms with Crippen molar-refractivity contribution in [3.05, 3.63) is 23.9 Å². The fourth-order valence-corrected chi connectivity index (χ4v) is 3.38. The average Bonchev–Trinajstić information content (AvgIpc) is 3.04. The minimum absolute atomic E-state index is 0.0750. The monoisotopic (exact) mass is 345 g/mol. The first-order valence-corrected chi connectivity index (χ1v) is 9.11. The van der Waals surface area contributed by atoms with E-state index in [4.69, 9.17) is 0 Å². The molecule has 1 N–H and O–H groups in total. The summed E-state index contributed by atoms with van der Waals surface area (Å²) in [5, 5.41) is 2.96. The predicted octanol–water partition coefficient (Wildman–Crippen LogP) is 1.45. The maximum Gasteiger partial charge on any atom is 0.317 e. The van der Waals surface area contributed by atoms with Crippen molar-refractivity contribution >= 4 is 17.8 Å². The lowest BCUT2D eigenvalue weighted by Crippen LogP contribution is -2.42. The molecule has 0 bridgehead atoms. The molecule has 25 heavy (non-hydrogen) atoms. The fraction of sp³-hybridized carbons (Fsp3) is 0.611. The molecule has 0 aromatic carbocycles. The highest BCUT2D eigenvalue weighted by Crippen LogP contribution is 2.17. The smallest absolute Gasteiger partial charge is 0.317 e. The SMILES string of the molecule is CC(=O)N1CCCN(C(=O)NCc2ccc(N3CCCC3)nc2)CC1. The van der Waals surface area contributed by atoms with Gasteiger partial charge in [0.05, 0.1) is 0 Å². The molecule has 2 fully saturated rings. The van der Waals surface area contributed by atoms with E-state index in [2.05, 4.69) is 15.2 Å². The molecule has 1 aromatic rings. The lowest BCUT2D eigenvalue weighted by atomic mass is 10.3. The summed E-state index contributed by atoms with van der Waals surface area (Å²) in [6, 6.07) is 3.98. The number of hydrogen-bond donors (Lipinski definition) is 1. The van der Waals surface area contributed by atoms with Gasteiger partial charge in [0.25, 0.3) is 0 Å². The van der Waals surface area contributed by atoms with E-state index in [1.165, 1.54) is 12.8 Å². The highest BCUT2D eigenvalue weighted by Gasteiger charge is 2.20. The number of hydrogen-bond acceptors (Lipinski definition) is 4. The molecular formula is C18H27N5O2. The van der Waals surface area contributed by atoms with Crippen molar-refractivity contribution in [3.63, 3.8) is 0 Å². The van der Waals surface area contributed by atoms with E-state index in [0.717, 1.165) is 37.4 Å². The minimum atomic E-state index is -0.0750. The van der Waals surface area contributed by atoms with Gasteiger partial charge in [-0.1, -0.05) is 6.07 Å². The molecule has 0 atom stereocenters. The largest absolute Gasteiger partial charge is 0.357 e. The quantitative estimate of drug-likeness (QED) is 0.900. The third kappa shape index (κ3) is 4.61. The molecule has 2 aliphatic rings. The molecule has 2 saturated heterocycles. The number of rotatable bonds is 3. The van der Waals surface area contributed by atoms with E-state index in [-0.39, 0.29) is 11.9 Å². The molecule has 7 nitrogen and oxygen atoms in total. The number of aromatic nitrogens is 1. The molecule has 3 rings (SSSR count). The Kier molecular flexibility index (Phi) is 5.73. The van der Waals surface area contributed by atoms with E-state index in [9.17, 15) is 9.59 Å². The van der Waals surface area contributed by atoms with Crippen LogP contribution in [-0.4, -0.2) is 66.0 Å². The van der Waals surface area contributed by atoms with Crippen LogP contribution >= 0.6 is 0 Å². The van der Waals surface area contributed by atoms with Crippen LogP contribution in [0.1, 0.15) is 31.7 Å². The molecule has 1 aromatic heterocycles. The van der Waals surface area contributed by atoms with Crippen molar-refractivity contribution in [1.29, 1.82) is 0 Å². The number of nitrogens with one attached hydrogen (secondary N) is 1. The second-order valence-corrected chi connectivity index (χ2v) is 6.72. The Morgan fingerprint density at radius 3 is 2.40 bits per heavy atom. The van der Waals surface area contributed by atoms with Crippen LogP contribution in [0.5, 0.6) is 0 Å². The van der Waals surface area contributed by atoms with Gasteiger partial charge in [-0.3, -0.25) is 4.79 Å². The first-order chi connectivity index (χ1) is 12.1. The topological polar surface area (TPSA) is 68.8 Å². The zero-order valence-electron chi connectivity index (χ0n) is 14.9. The molecule has 136 valence electrons. The van der Waals surface area contributed by atoms with Crippen LogP contribution in [0.2, 0.25) is 0 Å². The maximum atomic E-state index is 12.4. The summed E-state index contributed by atoms with van der Waals surface area (Å²) in [5.74, 6) is 1.09. The van der Waals surface area contributed by atoms with E-state index in [1.54, 1.807) is 16.7 Å². The van der Waals surface area contributed by atoms with Gasteiger partial charge in [-0.2, -0.15) is 0 Å². The highest BCUT2D eigenvalue weighted by atomic mass is 16.2. The molecule has 3 heterocycles. The normalized spacial score (nSPS) is 18.2. The Labute approximate surface area is 149 Å². The van der Waals surface area contributed by atoms with Gasteiger partial charge in [-0.15, -0.1) is 0 Å². The summed E-state index contributed by atoms with van der Waals surface area (Å²) in [6.45, 7) is 6.80. The van der Waals surface area contributed by atoms with E-state index in [1.807, 2.05) is 18.3 Å². The van der Waals surface area contributed by atoms with Crippen molar-refractivity contribution in [1.82, 2.24) is 20.1 Å². The first kappa shape index (κ1) is 17.5. The molecule has 0 radical (unpaired) electrons. The van der Waals surface area contributed by atoms with Crippen molar-refractivity contribution in [2.45, 2.75) is 32.7 Å². The lowest BCUT2D eigenvalue weighted by Gasteiger charge is -2.22. The van der Waals surface area contributed by atoms with Crippen LogP contribution in [0.25, 0.3) is 0 Å². The summed E-state index contributed by atoms with van der Waals surface area (Å²) in [5.41, 5.74) is 0.997. The molecule has 0 unspecified atom stereocenters. The summed E-state index contributed by atoms with van der Waals surface area (Å²) in [4.78, 5) is 34.2. The molecule has 3 amide bonds. The first-order valence-electron chi connectivity index (χ1n) is 9.11. The van der Waals surface area contributed by atoms with Crippen molar-refractivity contribution < 1.29 is 9.59 Å². The summed E-state index contributed by atoms with van der Waals surface area (Å²) < 4.78 is 0. The van der Waals surface area contributed by atoms with E-state index < -0.39 is 0 Å². The van der Waals surface area contributed by atoms with Gasteiger partial charge in [0.2, 0.25) is 5.91 Å². The van der Waals surface area contributed by atoms with Crippen molar-refractivity contribution in [3.8, 4) is 0 Å². The van der Waals surface area contributed by atoms with Crippen molar-refractivity contribution in [2.75, 3.05) is 44.2 Å². The third-order valence-corrected chi connectivity index (χ3v) is 4.91. The van der Waals surface area contributed by atoms with Crippen LogP contribution in [-0.2, 0) is 11.3 Å². The summed E-state index contributed by atoms with van der Waals surface area (Å²) >= 11 is 0. The number of urea groups is 1. The van der Waals surface area contributed by atoms with Crippen LogP contribution in [0.3, 0.4) is 0 Å². The van der Waals surface area contributed by atoms with Gasteiger partial charge >= 0.3 is 6.03 Å². The van der Waals surface area contributed by atoms with Gasteiger partial charge in [0.15, 0.2) is 0 Å². The number of carbonyl (C=O) groups is 2. The average molecular weight is 345 g/mol. The number of carbonyl (C=O) groups excluding carboxylic acids is 2. The molecule has 0 spiro atoms. The standard InChI is InChI=1S/C18H27N5O2/c1-15(24)21-9-4-10-23(12-11-21)18(25)20-14-16-5-6-17(19-13-16)22-7-2-3-8-22/h5-6,13H,2-4,7-12,14H2,1H3,(H,20,25). The molecular weight excluding hydrogens is 318 g/mol. The highest BCUT2D eigenvalue weighted by molar-refractivity contribution is 5.75. The number of nitrogens with zero attached hydrogens (tertiary/aromatic N) is 4. The predicted molar refractivity (Wildman–Crippen MR) is 96.4 cm³/mol. The minimum Gasteiger partial charge on any atom is -0.357 e. The van der Waals surface area contributed by atoms with Gasteiger partial charge in [0.1, 0.15) is 5.82 Å². The van der Waals surface area contributed by atoms with Crippen LogP contribution in [0.4, 0.5) is 10.6 Å². The second kappa shape index (κ2) is 8.18. The Bertz CT molecular complexity index is 598. The van der Waals surface area contributed by atoms with Gasteiger partial charge in [0, 0.05) is 58.9 Å². The zero-order valence-corrected chi connectivity index (χ0v) is 14.9. The number of pyridine rings is 1. The second-order valence-electron chi connectivity index (χ2n) is 6.72. The van der Waals surface area contributed by atoms with Gasteiger partial charge in [-0.05, 0) is 30.9 Å². The van der Waals surface area contributed by atoms with Crippen molar-refractivity contribution in [2.24, 2.45) is 0 Å². The molecule has 7 heteroatoms. The third-order valence-electron chi connectivity index (χ3n) is 4.91. The molecule has 2 aliphatic heterocycles. The van der Waals surface area contributed by atoms with E-state index >= 15 is 0 Å². The Balaban J connectivity index is 1.47. The Morgan fingerprint density at radius 1 is 1.00 bits per heavy atom. The summed E-state index contributed by atoms with van der Waals surface area (Å²) in [6.07, 6.45) is 5.12. The van der Waals surface area contributed by atoms with Crippen LogP contribution < -0.4 is 10.2 Å². The van der Waals surface area contributed by atoms with Crippen LogP contribution in [0, 0.1) is 0 Å².